The average molecular weight is 496 g/mol. The van der Waals surface area contributed by atoms with Crippen molar-refractivity contribution >= 4 is 17.9 Å². The monoisotopic (exact) mass is 495 g/mol. The van der Waals surface area contributed by atoms with Crippen molar-refractivity contribution in [2.45, 2.75) is 25.9 Å². The number of carbonyl (C=O) groups is 2. The van der Waals surface area contributed by atoms with Crippen LogP contribution in [0, 0.1) is 0 Å². The predicted molar refractivity (Wildman–Crippen MR) is 137 cm³/mol. The first-order valence-corrected chi connectivity index (χ1v) is 12.1. The summed E-state index contributed by atoms with van der Waals surface area (Å²) in [5.41, 5.74) is 5.88. The summed E-state index contributed by atoms with van der Waals surface area (Å²) in [6, 6.07) is 22.5. The number of fused-ring (bicyclic) bond motifs is 1. The molecular formula is C29H25N3O5. The molecule has 3 heterocycles. The Morgan fingerprint density at radius 2 is 1.68 bits per heavy atom. The minimum atomic E-state index is -0.584. The van der Waals surface area contributed by atoms with Crippen molar-refractivity contribution < 1.29 is 23.8 Å². The second-order valence-corrected chi connectivity index (χ2v) is 8.95. The summed E-state index contributed by atoms with van der Waals surface area (Å²) in [5.74, 6) is 0.568. The highest BCUT2D eigenvalue weighted by atomic mass is 16.9. The summed E-state index contributed by atoms with van der Waals surface area (Å²) >= 11 is 0. The van der Waals surface area contributed by atoms with Crippen LogP contribution in [0.3, 0.4) is 0 Å². The number of aldehydes is 1. The highest BCUT2D eigenvalue weighted by Crippen LogP contribution is 2.38. The van der Waals surface area contributed by atoms with Crippen LogP contribution in [-0.2, 0) is 15.9 Å². The van der Waals surface area contributed by atoms with Crippen molar-refractivity contribution in [1.82, 2.24) is 9.78 Å². The zero-order chi connectivity index (χ0) is 25.5. The zero-order valence-electron chi connectivity index (χ0n) is 20.5. The third-order valence-electron chi connectivity index (χ3n) is 6.80. The van der Waals surface area contributed by atoms with Crippen LogP contribution in [0.2, 0.25) is 0 Å². The van der Waals surface area contributed by atoms with E-state index in [-0.39, 0.29) is 12.2 Å². The maximum atomic E-state index is 13.9. The predicted octanol–water partition coefficient (Wildman–Crippen LogP) is 4.95. The fourth-order valence-electron chi connectivity index (χ4n) is 4.90. The van der Waals surface area contributed by atoms with Gasteiger partial charge in [-0.3, -0.25) is 9.59 Å². The number of carbonyl (C=O) groups excluding carboxylic acids is 2. The number of aromatic nitrogens is 2. The molecule has 0 saturated carbocycles. The molecule has 3 aromatic carbocycles. The minimum Gasteiger partial charge on any atom is -0.497 e. The molecule has 0 unspecified atom stereocenters. The maximum Gasteiger partial charge on any atom is 0.277 e. The molecule has 2 aliphatic heterocycles. The van der Waals surface area contributed by atoms with Crippen molar-refractivity contribution in [3.63, 3.8) is 0 Å². The van der Waals surface area contributed by atoms with E-state index in [1.807, 2.05) is 73.7 Å². The number of rotatable bonds is 6. The van der Waals surface area contributed by atoms with E-state index in [0.29, 0.717) is 35.7 Å². The quantitative estimate of drug-likeness (QED) is 0.352. The molecule has 8 heteroatoms. The molecule has 8 nitrogen and oxygen atoms in total. The van der Waals surface area contributed by atoms with E-state index in [9.17, 15) is 9.59 Å². The molecule has 0 bridgehead atoms. The maximum absolute atomic E-state index is 13.9. The van der Waals surface area contributed by atoms with E-state index >= 15 is 0 Å². The van der Waals surface area contributed by atoms with Crippen molar-refractivity contribution in [3.05, 3.63) is 95.3 Å². The van der Waals surface area contributed by atoms with Gasteiger partial charge in [0.25, 0.3) is 5.91 Å². The molecule has 1 fully saturated rings. The van der Waals surface area contributed by atoms with Gasteiger partial charge in [-0.05, 0) is 60.9 Å². The summed E-state index contributed by atoms with van der Waals surface area (Å²) in [4.78, 5) is 27.1. The average Bonchev–Trinajstić information content (AvgIpc) is 3.31. The number of amides is 1. The summed E-state index contributed by atoms with van der Waals surface area (Å²) in [5, 5.41) is 4.77. The van der Waals surface area contributed by atoms with Crippen LogP contribution in [0.25, 0.3) is 16.8 Å². The van der Waals surface area contributed by atoms with Crippen LogP contribution in [0.5, 0.6) is 5.75 Å². The molecule has 0 radical (unpaired) electrons. The normalized spacial score (nSPS) is 18.8. The highest BCUT2D eigenvalue weighted by Gasteiger charge is 2.39. The van der Waals surface area contributed by atoms with Crippen LogP contribution >= 0.6 is 0 Å². The van der Waals surface area contributed by atoms with Crippen LogP contribution in [0.1, 0.15) is 45.3 Å². The first kappa shape index (κ1) is 23.1. The smallest absolute Gasteiger partial charge is 0.277 e. The Morgan fingerprint density at radius 1 is 0.973 bits per heavy atom. The molecule has 2 aliphatic rings. The standard InChI is InChI=1S/C29H25N3O5/c1-18-36-29(37-18)26-25-15-16-31(21-9-7-19(8-10-21)24-6-4-3-5-20(24)17-33)28(34)27(25)32(30-26)22-11-13-23(35-2)14-12-22/h3-14,17-18,29H,15-16H2,1-2H3. The van der Waals surface area contributed by atoms with Gasteiger partial charge < -0.3 is 19.1 Å². The van der Waals surface area contributed by atoms with Crippen LogP contribution < -0.4 is 9.64 Å². The largest absolute Gasteiger partial charge is 0.497 e. The molecule has 1 aromatic heterocycles. The zero-order valence-corrected chi connectivity index (χ0v) is 20.5. The lowest BCUT2D eigenvalue weighted by Gasteiger charge is -2.34. The first-order valence-electron chi connectivity index (χ1n) is 12.1. The molecule has 0 atom stereocenters. The second-order valence-electron chi connectivity index (χ2n) is 8.95. The number of benzene rings is 3. The van der Waals surface area contributed by atoms with Gasteiger partial charge in [-0.25, -0.2) is 4.68 Å². The lowest BCUT2D eigenvalue weighted by molar-refractivity contribution is -0.384. The molecule has 1 saturated heterocycles. The van der Waals surface area contributed by atoms with Crippen molar-refractivity contribution in [2.75, 3.05) is 18.6 Å². The number of methoxy groups -OCH3 is 1. The molecular weight excluding hydrogens is 470 g/mol. The first-order chi connectivity index (χ1) is 18.1. The second kappa shape index (κ2) is 9.31. The summed E-state index contributed by atoms with van der Waals surface area (Å²) in [7, 11) is 1.61. The Bertz CT molecular complexity index is 1470. The Morgan fingerprint density at radius 3 is 2.35 bits per heavy atom. The number of ether oxygens (including phenoxy) is 3. The lowest BCUT2D eigenvalue weighted by Crippen LogP contribution is -2.39. The molecule has 186 valence electrons. The Hall–Kier alpha value is -4.27. The van der Waals surface area contributed by atoms with Crippen molar-refractivity contribution in [1.29, 1.82) is 0 Å². The Balaban J connectivity index is 1.37. The SMILES string of the molecule is COc1ccc(-n2nc(C3OC(C)O3)c3c2C(=O)N(c2ccc(-c4ccccc4C=O)cc2)CC3)cc1. The summed E-state index contributed by atoms with van der Waals surface area (Å²) in [6.45, 7) is 2.33. The molecule has 6 rings (SSSR count). The summed E-state index contributed by atoms with van der Waals surface area (Å²) in [6.07, 6.45) is 0.581. The number of hydrogen-bond donors (Lipinski definition) is 0. The van der Waals surface area contributed by atoms with E-state index in [4.69, 9.17) is 19.3 Å². The molecule has 0 aliphatic carbocycles. The molecule has 0 spiro atoms. The molecule has 37 heavy (non-hydrogen) atoms. The van der Waals surface area contributed by atoms with Gasteiger partial charge in [0.1, 0.15) is 17.1 Å². The van der Waals surface area contributed by atoms with Gasteiger partial charge in [-0.2, -0.15) is 5.10 Å². The number of hydrogen-bond acceptors (Lipinski definition) is 6. The Labute approximate surface area is 214 Å². The van der Waals surface area contributed by atoms with Crippen LogP contribution in [-0.4, -0.2) is 41.9 Å². The third-order valence-corrected chi connectivity index (χ3v) is 6.80. The van der Waals surface area contributed by atoms with E-state index in [1.165, 1.54) is 0 Å². The van der Waals surface area contributed by atoms with Crippen molar-refractivity contribution in [3.8, 4) is 22.6 Å². The third kappa shape index (κ3) is 4.00. The fourth-order valence-corrected chi connectivity index (χ4v) is 4.90. The minimum absolute atomic E-state index is 0.149. The molecule has 1 amide bonds. The topological polar surface area (TPSA) is 82.9 Å². The van der Waals surface area contributed by atoms with Gasteiger partial charge in [0, 0.05) is 23.4 Å². The fraction of sp³-hybridized carbons (Fsp3) is 0.207. The van der Waals surface area contributed by atoms with Gasteiger partial charge in [-0.15, -0.1) is 0 Å². The van der Waals surface area contributed by atoms with Gasteiger partial charge in [0.05, 0.1) is 12.8 Å². The van der Waals surface area contributed by atoms with Gasteiger partial charge in [-0.1, -0.05) is 36.4 Å². The van der Waals surface area contributed by atoms with E-state index in [0.717, 1.165) is 34.4 Å². The molecule has 4 aromatic rings. The van der Waals surface area contributed by atoms with Gasteiger partial charge in [0.2, 0.25) is 6.29 Å². The van der Waals surface area contributed by atoms with Gasteiger partial charge in [0.15, 0.2) is 12.6 Å². The van der Waals surface area contributed by atoms with E-state index in [1.54, 1.807) is 22.8 Å². The number of anilines is 1. The highest BCUT2D eigenvalue weighted by molar-refractivity contribution is 6.07. The van der Waals surface area contributed by atoms with E-state index < -0.39 is 6.29 Å². The molecule has 0 N–H and O–H groups in total. The Kier molecular flexibility index (Phi) is 5.82. The number of nitrogens with zero attached hydrogens (tertiary/aromatic N) is 3. The summed E-state index contributed by atoms with van der Waals surface area (Å²) < 4.78 is 18.4. The van der Waals surface area contributed by atoms with Gasteiger partial charge >= 0.3 is 0 Å². The van der Waals surface area contributed by atoms with Crippen LogP contribution in [0.15, 0.2) is 72.8 Å². The van der Waals surface area contributed by atoms with Crippen LogP contribution in [0.4, 0.5) is 5.69 Å². The van der Waals surface area contributed by atoms with E-state index in [2.05, 4.69) is 0 Å². The lowest BCUT2D eigenvalue weighted by atomic mass is 9.99. The van der Waals surface area contributed by atoms with Crippen molar-refractivity contribution in [2.24, 2.45) is 0 Å².